The molecule has 2 aromatic rings. The molecule has 1 aromatic heterocycles. The molecule has 4 rings (SSSR count). The highest BCUT2D eigenvalue weighted by molar-refractivity contribution is 5.94. The van der Waals surface area contributed by atoms with Crippen molar-refractivity contribution in [3.63, 3.8) is 0 Å². The molecule has 2 aliphatic rings. The van der Waals surface area contributed by atoms with E-state index in [0.717, 1.165) is 51.6 Å². The highest BCUT2D eigenvalue weighted by Gasteiger charge is 2.39. The average molecular weight is 619 g/mol. The number of hydrogen-bond acceptors (Lipinski definition) is 8. The number of likely N-dealkylation sites (N-methyl/N-ethyl adjacent to an activating group) is 1. The standard InChI is InChI=1S/C31H45F3N8O2/c1-5-42(6-2)19-16-35-28(43)24-8-7-9-26(24)38-27-25(31(32,33)34)20-36-30(39-27)37-22-12-10-21(11-13-22)29(44)41(4)23-14-17-40(3)18-15-23/h10-13,20,23-24,26H,5-9,14-19H2,1-4H3,(H,35,43)(H2,36,37,38,39)/t24-,26+/m0/s1. The molecular formula is C31H45F3N8O2. The highest BCUT2D eigenvalue weighted by atomic mass is 19.4. The molecule has 44 heavy (non-hydrogen) atoms. The summed E-state index contributed by atoms with van der Waals surface area (Å²) >= 11 is 0. The van der Waals surface area contributed by atoms with Crippen LogP contribution in [0, 0.1) is 5.92 Å². The van der Waals surface area contributed by atoms with Crippen molar-refractivity contribution in [2.45, 2.75) is 64.2 Å². The van der Waals surface area contributed by atoms with E-state index in [1.54, 1.807) is 29.2 Å². The summed E-state index contributed by atoms with van der Waals surface area (Å²) in [5, 5.41) is 8.83. The first-order valence-electron chi connectivity index (χ1n) is 15.5. The lowest BCUT2D eigenvalue weighted by Gasteiger charge is -2.35. The van der Waals surface area contributed by atoms with Gasteiger partial charge in [-0.15, -0.1) is 0 Å². The molecular weight excluding hydrogens is 573 g/mol. The van der Waals surface area contributed by atoms with Gasteiger partial charge in [0.1, 0.15) is 11.4 Å². The van der Waals surface area contributed by atoms with Crippen molar-refractivity contribution in [2.24, 2.45) is 5.92 Å². The summed E-state index contributed by atoms with van der Waals surface area (Å²) in [5.41, 5.74) is 0.0596. The zero-order valence-corrected chi connectivity index (χ0v) is 26.1. The van der Waals surface area contributed by atoms with E-state index >= 15 is 0 Å². The second-order valence-corrected chi connectivity index (χ2v) is 11.7. The third kappa shape index (κ3) is 8.59. The summed E-state index contributed by atoms with van der Waals surface area (Å²) < 4.78 is 41.8. The second-order valence-electron chi connectivity index (χ2n) is 11.7. The zero-order chi connectivity index (χ0) is 31.9. The molecule has 13 heteroatoms. The molecule has 1 aliphatic carbocycles. The topological polar surface area (TPSA) is 106 Å². The number of carbonyl (C=O) groups is 2. The number of likely N-dealkylation sites (tertiary alicyclic amines) is 1. The van der Waals surface area contributed by atoms with Gasteiger partial charge in [0, 0.05) is 49.7 Å². The van der Waals surface area contributed by atoms with E-state index in [4.69, 9.17) is 0 Å². The van der Waals surface area contributed by atoms with E-state index in [1.165, 1.54) is 0 Å². The maximum Gasteiger partial charge on any atom is 0.421 e. The van der Waals surface area contributed by atoms with E-state index in [-0.39, 0.29) is 29.6 Å². The van der Waals surface area contributed by atoms with Gasteiger partial charge in [-0.05, 0) is 83.2 Å². The Morgan fingerprint density at radius 3 is 2.36 bits per heavy atom. The Morgan fingerprint density at radius 1 is 1.05 bits per heavy atom. The fourth-order valence-corrected chi connectivity index (χ4v) is 5.97. The molecule has 3 N–H and O–H groups in total. The number of piperidine rings is 1. The van der Waals surface area contributed by atoms with Crippen LogP contribution in [0.4, 0.5) is 30.6 Å². The Morgan fingerprint density at radius 2 is 1.73 bits per heavy atom. The molecule has 1 aliphatic heterocycles. The predicted octanol–water partition coefficient (Wildman–Crippen LogP) is 4.44. The monoisotopic (exact) mass is 618 g/mol. The summed E-state index contributed by atoms with van der Waals surface area (Å²) in [6, 6.07) is 6.42. The number of rotatable bonds is 12. The number of benzene rings is 1. The molecule has 0 bridgehead atoms. The Kier molecular flexibility index (Phi) is 11.4. The first-order chi connectivity index (χ1) is 21.0. The van der Waals surface area contributed by atoms with Crippen LogP contribution >= 0.6 is 0 Å². The van der Waals surface area contributed by atoms with Crippen molar-refractivity contribution in [3.05, 3.63) is 41.6 Å². The van der Waals surface area contributed by atoms with E-state index in [1.807, 2.05) is 7.05 Å². The number of nitrogens with zero attached hydrogens (tertiary/aromatic N) is 5. The predicted molar refractivity (Wildman–Crippen MR) is 165 cm³/mol. The molecule has 2 atom stereocenters. The fourth-order valence-electron chi connectivity index (χ4n) is 5.97. The molecule has 1 saturated carbocycles. The smallest absolute Gasteiger partial charge is 0.366 e. The number of carbonyl (C=O) groups excluding carboxylic acids is 2. The molecule has 0 unspecified atom stereocenters. The van der Waals surface area contributed by atoms with Crippen molar-refractivity contribution < 1.29 is 22.8 Å². The maximum atomic E-state index is 13.9. The van der Waals surface area contributed by atoms with Gasteiger partial charge in [0.25, 0.3) is 5.91 Å². The van der Waals surface area contributed by atoms with E-state index in [2.05, 4.69) is 56.6 Å². The number of nitrogens with one attached hydrogen (secondary N) is 3. The van der Waals surface area contributed by atoms with Crippen LogP contribution in [0.25, 0.3) is 0 Å². The lowest BCUT2D eigenvalue weighted by molar-refractivity contribution is -0.137. The number of halogens is 3. The lowest BCUT2D eigenvalue weighted by atomic mass is 10.0. The molecule has 1 aromatic carbocycles. The number of hydrogen-bond donors (Lipinski definition) is 3. The minimum absolute atomic E-state index is 0.0266. The Bertz CT molecular complexity index is 1250. The number of alkyl halides is 3. The van der Waals surface area contributed by atoms with Crippen LogP contribution in [-0.2, 0) is 11.0 Å². The van der Waals surface area contributed by atoms with Crippen molar-refractivity contribution in [2.75, 3.05) is 64.0 Å². The molecule has 2 heterocycles. The van der Waals surface area contributed by atoms with Crippen molar-refractivity contribution in [3.8, 4) is 0 Å². The lowest BCUT2D eigenvalue weighted by Crippen LogP contribution is -2.44. The van der Waals surface area contributed by atoms with Crippen LogP contribution in [0.5, 0.6) is 0 Å². The summed E-state index contributed by atoms with van der Waals surface area (Å²) in [6.45, 7) is 8.95. The Labute approximate surface area is 257 Å². The molecule has 1 saturated heterocycles. The summed E-state index contributed by atoms with van der Waals surface area (Å²) in [6.07, 6.45) is -0.222. The SMILES string of the molecule is CCN(CC)CCNC(=O)[C@H]1CCC[C@H]1Nc1nc(Nc2ccc(C(=O)N(C)C3CCN(C)CC3)cc2)ncc1C(F)(F)F. The minimum Gasteiger partial charge on any atom is -0.366 e. The van der Waals surface area contributed by atoms with Gasteiger partial charge in [0.2, 0.25) is 11.9 Å². The fraction of sp³-hybridized carbons (Fsp3) is 0.613. The number of anilines is 3. The summed E-state index contributed by atoms with van der Waals surface area (Å²) in [4.78, 5) is 40.3. The molecule has 2 amide bonds. The van der Waals surface area contributed by atoms with E-state index in [9.17, 15) is 22.8 Å². The molecule has 0 radical (unpaired) electrons. The second kappa shape index (κ2) is 15.0. The van der Waals surface area contributed by atoms with Crippen molar-refractivity contribution in [1.29, 1.82) is 0 Å². The third-order valence-corrected chi connectivity index (χ3v) is 8.83. The maximum absolute atomic E-state index is 13.9. The Balaban J connectivity index is 1.42. The van der Waals surface area contributed by atoms with Gasteiger partial charge in [-0.1, -0.05) is 20.3 Å². The zero-order valence-electron chi connectivity index (χ0n) is 26.1. The Hall–Kier alpha value is -3.45. The normalized spacial score (nSPS) is 19.6. The van der Waals surface area contributed by atoms with Crippen molar-refractivity contribution in [1.82, 2.24) is 30.0 Å². The first-order valence-corrected chi connectivity index (χ1v) is 15.5. The van der Waals surface area contributed by atoms with Gasteiger partial charge < -0.3 is 30.7 Å². The largest absolute Gasteiger partial charge is 0.421 e. The molecule has 2 fully saturated rings. The summed E-state index contributed by atoms with van der Waals surface area (Å²) in [7, 11) is 3.89. The van der Waals surface area contributed by atoms with E-state index < -0.39 is 23.7 Å². The van der Waals surface area contributed by atoms with Gasteiger partial charge in [-0.3, -0.25) is 9.59 Å². The van der Waals surface area contributed by atoms with Crippen LogP contribution in [-0.4, -0.2) is 102 Å². The van der Waals surface area contributed by atoms with E-state index in [0.29, 0.717) is 37.2 Å². The van der Waals surface area contributed by atoms with Crippen LogP contribution in [0.15, 0.2) is 30.5 Å². The molecule has 10 nitrogen and oxygen atoms in total. The molecule has 0 spiro atoms. The number of amides is 2. The number of aromatic nitrogens is 2. The van der Waals surface area contributed by atoms with Crippen LogP contribution in [0.3, 0.4) is 0 Å². The third-order valence-electron chi connectivity index (χ3n) is 8.83. The van der Waals surface area contributed by atoms with Crippen LogP contribution in [0.2, 0.25) is 0 Å². The quantitative estimate of drug-likeness (QED) is 0.321. The minimum atomic E-state index is -4.68. The highest BCUT2D eigenvalue weighted by Crippen LogP contribution is 2.36. The average Bonchev–Trinajstić information content (AvgIpc) is 3.47. The van der Waals surface area contributed by atoms with Gasteiger partial charge in [-0.25, -0.2) is 4.98 Å². The van der Waals surface area contributed by atoms with Gasteiger partial charge in [-0.2, -0.15) is 18.2 Å². The van der Waals surface area contributed by atoms with Gasteiger partial charge >= 0.3 is 6.18 Å². The van der Waals surface area contributed by atoms with Gasteiger partial charge in [0.15, 0.2) is 0 Å². The summed E-state index contributed by atoms with van der Waals surface area (Å²) in [5.74, 6) is -1.09. The molecule has 242 valence electrons. The van der Waals surface area contributed by atoms with Crippen molar-refractivity contribution >= 4 is 29.3 Å². The van der Waals surface area contributed by atoms with Crippen LogP contribution < -0.4 is 16.0 Å². The first kappa shape index (κ1) is 33.4. The van der Waals surface area contributed by atoms with Crippen LogP contribution in [0.1, 0.15) is 61.9 Å². The van der Waals surface area contributed by atoms with Gasteiger partial charge in [0.05, 0.1) is 5.92 Å².